The maximum absolute atomic E-state index is 13.3. The molecule has 0 heterocycles. The molecule has 118 valence electrons. The van der Waals surface area contributed by atoms with Gasteiger partial charge in [-0.05, 0) is 23.8 Å². The summed E-state index contributed by atoms with van der Waals surface area (Å²) in [6.45, 7) is 0. The van der Waals surface area contributed by atoms with Gasteiger partial charge in [-0.3, -0.25) is 0 Å². The number of phenolic OH excluding ortho intramolecular Hbond substituents is 1. The third kappa shape index (κ3) is 3.45. The van der Waals surface area contributed by atoms with Gasteiger partial charge in [0.2, 0.25) is 5.82 Å². The molecule has 0 unspecified atom stereocenters. The SMILES string of the molecule is N[C@@H](c1ccc(OC(F)(F)F)cc1)c1ccc(F)c(F)c1O. The van der Waals surface area contributed by atoms with Gasteiger partial charge in [-0.2, -0.15) is 4.39 Å². The van der Waals surface area contributed by atoms with Gasteiger partial charge in [0.05, 0.1) is 6.04 Å². The largest absolute Gasteiger partial charge is 0.573 e. The van der Waals surface area contributed by atoms with Gasteiger partial charge in [-0.15, -0.1) is 13.2 Å². The molecule has 0 amide bonds. The van der Waals surface area contributed by atoms with Gasteiger partial charge in [0.15, 0.2) is 11.6 Å². The second kappa shape index (κ2) is 5.80. The second-order valence-electron chi connectivity index (χ2n) is 4.39. The van der Waals surface area contributed by atoms with Gasteiger partial charge >= 0.3 is 6.36 Å². The summed E-state index contributed by atoms with van der Waals surface area (Å²) in [6, 6.07) is 5.36. The Morgan fingerprint density at radius 1 is 1.00 bits per heavy atom. The van der Waals surface area contributed by atoms with Crippen LogP contribution in [0.4, 0.5) is 22.0 Å². The molecule has 22 heavy (non-hydrogen) atoms. The number of phenols is 1. The summed E-state index contributed by atoms with van der Waals surface area (Å²) in [4.78, 5) is 0. The zero-order valence-corrected chi connectivity index (χ0v) is 10.9. The first-order valence-electron chi connectivity index (χ1n) is 5.97. The van der Waals surface area contributed by atoms with E-state index in [1.54, 1.807) is 0 Å². The summed E-state index contributed by atoms with van der Waals surface area (Å²) >= 11 is 0. The van der Waals surface area contributed by atoms with E-state index in [-0.39, 0.29) is 11.1 Å². The Morgan fingerprint density at radius 3 is 2.14 bits per heavy atom. The smallest absolute Gasteiger partial charge is 0.505 e. The van der Waals surface area contributed by atoms with E-state index in [4.69, 9.17) is 5.73 Å². The molecule has 0 aliphatic carbocycles. The lowest BCUT2D eigenvalue weighted by Gasteiger charge is -2.15. The molecule has 0 aliphatic heterocycles. The molecule has 8 heteroatoms. The molecule has 3 nitrogen and oxygen atoms in total. The molecule has 3 N–H and O–H groups in total. The number of ether oxygens (including phenoxy) is 1. The molecule has 2 aromatic carbocycles. The van der Waals surface area contributed by atoms with E-state index < -0.39 is 35.5 Å². The van der Waals surface area contributed by atoms with Crippen LogP contribution in [0.15, 0.2) is 36.4 Å². The average molecular weight is 319 g/mol. The Balaban J connectivity index is 2.27. The Labute approximate surface area is 121 Å². The van der Waals surface area contributed by atoms with E-state index in [2.05, 4.69) is 4.74 Å². The van der Waals surface area contributed by atoms with Crippen LogP contribution in [0.5, 0.6) is 11.5 Å². The number of benzene rings is 2. The number of hydrogen-bond donors (Lipinski definition) is 2. The summed E-state index contributed by atoms with van der Waals surface area (Å²) in [5, 5.41) is 9.55. The lowest BCUT2D eigenvalue weighted by Crippen LogP contribution is -2.17. The van der Waals surface area contributed by atoms with Crippen molar-refractivity contribution in [3.8, 4) is 11.5 Å². The van der Waals surface area contributed by atoms with E-state index in [1.807, 2.05) is 0 Å². The quantitative estimate of drug-likeness (QED) is 0.850. The number of rotatable bonds is 3. The van der Waals surface area contributed by atoms with E-state index in [0.717, 1.165) is 24.3 Å². The van der Waals surface area contributed by atoms with Gasteiger partial charge in [0, 0.05) is 5.56 Å². The second-order valence-corrected chi connectivity index (χ2v) is 4.39. The van der Waals surface area contributed by atoms with E-state index in [9.17, 15) is 27.1 Å². The van der Waals surface area contributed by atoms with Crippen LogP contribution in [0.2, 0.25) is 0 Å². The maximum Gasteiger partial charge on any atom is 0.573 e. The standard InChI is InChI=1S/C14H10F5NO2/c15-10-6-5-9(13(21)11(10)16)12(20)7-1-3-8(4-2-7)22-14(17,18)19/h1-6,12,21H,20H2/t12-/m0/s1. The maximum atomic E-state index is 13.3. The van der Waals surface area contributed by atoms with Gasteiger partial charge in [-0.1, -0.05) is 18.2 Å². The minimum absolute atomic E-state index is 0.0941. The fourth-order valence-electron chi connectivity index (χ4n) is 1.86. The number of alkyl halides is 3. The van der Waals surface area contributed by atoms with Crippen LogP contribution >= 0.6 is 0 Å². The number of hydrogen-bond acceptors (Lipinski definition) is 3. The van der Waals surface area contributed by atoms with Gasteiger partial charge in [0.1, 0.15) is 5.75 Å². The van der Waals surface area contributed by atoms with Crippen molar-refractivity contribution >= 4 is 0 Å². The van der Waals surface area contributed by atoms with E-state index >= 15 is 0 Å². The van der Waals surface area contributed by atoms with Crippen LogP contribution in [0, 0.1) is 11.6 Å². The lowest BCUT2D eigenvalue weighted by molar-refractivity contribution is -0.274. The third-order valence-corrected chi connectivity index (χ3v) is 2.91. The Morgan fingerprint density at radius 2 is 1.59 bits per heavy atom. The Hall–Kier alpha value is -2.35. The van der Waals surface area contributed by atoms with Crippen LogP contribution in [-0.4, -0.2) is 11.5 Å². The van der Waals surface area contributed by atoms with Crippen molar-refractivity contribution in [1.82, 2.24) is 0 Å². The van der Waals surface area contributed by atoms with Crippen molar-refractivity contribution in [2.75, 3.05) is 0 Å². The topological polar surface area (TPSA) is 55.5 Å². The van der Waals surface area contributed by atoms with Crippen LogP contribution in [-0.2, 0) is 0 Å². The van der Waals surface area contributed by atoms with Crippen molar-refractivity contribution in [2.24, 2.45) is 5.73 Å². The van der Waals surface area contributed by atoms with Crippen LogP contribution in [0.1, 0.15) is 17.2 Å². The molecular formula is C14H10F5NO2. The van der Waals surface area contributed by atoms with Crippen LogP contribution in [0.25, 0.3) is 0 Å². The normalized spacial score (nSPS) is 13.0. The van der Waals surface area contributed by atoms with Gasteiger partial charge < -0.3 is 15.6 Å². The Kier molecular flexibility index (Phi) is 4.23. The van der Waals surface area contributed by atoms with Crippen molar-refractivity contribution in [2.45, 2.75) is 12.4 Å². The molecule has 0 fully saturated rings. The molecule has 0 saturated heterocycles. The Bertz CT molecular complexity index is 670. The highest BCUT2D eigenvalue weighted by Crippen LogP contribution is 2.32. The number of halogens is 5. The summed E-state index contributed by atoms with van der Waals surface area (Å²) in [5.41, 5.74) is 5.99. The highest BCUT2D eigenvalue weighted by Gasteiger charge is 2.31. The summed E-state index contributed by atoms with van der Waals surface area (Å²) < 4.78 is 66.1. The minimum Gasteiger partial charge on any atom is -0.505 e. The van der Waals surface area contributed by atoms with E-state index in [0.29, 0.717) is 0 Å². The zero-order chi connectivity index (χ0) is 16.5. The summed E-state index contributed by atoms with van der Waals surface area (Å²) in [7, 11) is 0. The predicted molar refractivity (Wildman–Crippen MR) is 67.2 cm³/mol. The van der Waals surface area contributed by atoms with Crippen LogP contribution < -0.4 is 10.5 Å². The first-order chi connectivity index (χ1) is 10.2. The molecule has 0 bridgehead atoms. The molecule has 0 radical (unpaired) electrons. The number of nitrogens with two attached hydrogens (primary N) is 1. The van der Waals surface area contributed by atoms with Crippen LogP contribution in [0.3, 0.4) is 0 Å². The first kappa shape index (κ1) is 16.0. The van der Waals surface area contributed by atoms with Gasteiger partial charge in [0.25, 0.3) is 0 Å². The molecule has 0 spiro atoms. The predicted octanol–water partition coefficient (Wildman–Crippen LogP) is 3.62. The third-order valence-electron chi connectivity index (χ3n) is 2.91. The molecule has 0 aliphatic rings. The average Bonchev–Trinajstić information content (AvgIpc) is 2.43. The molecule has 0 aromatic heterocycles. The first-order valence-corrected chi connectivity index (χ1v) is 5.97. The zero-order valence-electron chi connectivity index (χ0n) is 10.9. The molecular weight excluding hydrogens is 309 g/mol. The summed E-state index contributed by atoms with van der Waals surface area (Å²) in [5.74, 6) is -4.06. The molecule has 2 aromatic rings. The van der Waals surface area contributed by atoms with Crippen molar-refractivity contribution in [3.05, 3.63) is 59.2 Å². The van der Waals surface area contributed by atoms with Gasteiger partial charge in [-0.25, -0.2) is 4.39 Å². The molecule has 2 rings (SSSR count). The number of aromatic hydroxyl groups is 1. The lowest BCUT2D eigenvalue weighted by atomic mass is 9.98. The fourth-order valence-corrected chi connectivity index (χ4v) is 1.86. The van der Waals surface area contributed by atoms with Crippen molar-refractivity contribution in [1.29, 1.82) is 0 Å². The van der Waals surface area contributed by atoms with E-state index in [1.165, 1.54) is 12.1 Å². The highest BCUT2D eigenvalue weighted by molar-refractivity contribution is 5.42. The summed E-state index contributed by atoms with van der Waals surface area (Å²) in [6.07, 6.45) is -4.82. The fraction of sp³-hybridized carbons (Fsp3) is 0.143. The molecule has 0 saturated carbocycles. The minimum atomic E-state index is -4.82. The monoisotopic (exact) mass is 319 g/mol. The van der Waals surface area contributed by atoms with Crippen molar-refractivity contribution in [3.63, 3.8) is 0 Å². The van der Waals surface area contributed by atoms with Crippen molar-refractivity contribution < 1.29 is 31.8 Å². The molecule has 1 atom stereocenters. The highest BCUT2D eigenvalue weighted by atomic mass is 19.4.